The number of hydrogen-bond donors (Lipinski definition) is 1. The molecule has 0 radical (unpaired) electrons. The molecule has 1 aromatic heterocycles. The van der Waals surface area contributed by atoms with Crippen LogP contribution in [-0.4, -0.2) is 45.9 Å². The van der Waals surface area contributed by atoms with Crippen molar-refractivity contribution < 1.29 is 4.79 Å². The van der Waals surface area contributed by atoms with Gasteiger partial charge in [-0.3, -0.25) is 9.69 Å². The topological polar surface area (TPSA) is 45.2 Å². The summed E-state index contributed by atoms with van der Waals surface area (Å²) >= 11 is 3.57. The third-order valence-electron chi connectivity index (χ3n) is 3.87. The van der Waals surface area contributed by atoms with Gasteiger partial charge >= 0.3 is 0 Å². The number of anilines is 1. The first-order valence-corrected chi connectivity index (χ1v) is 8.81. The van der Waals surface area contributed by atoms with Gasteiger partial charge in [0.05, 0.1) is 6.54 Å². The maximum absolute atomic E-state index is 12.1. The molecule has 2 fully saturated rings. The molecule has 104 valence electrons. The molecule has 2 heterocycles. The van der Waals surface area contributed by atoms with Crippen molar-refractivity contribution in [3.8, 4) is 0 Å². The Labute approximate surface area is 122 Å². The van der Waals surface area contributed by atoms with Gasteiger partial charge in [0.1, 0.15) is 0 Å². The lowest BCUT2D eigenvalue weighted by atomic mass is 9.93. The fourth-order valence-electron chi connectivity index (χ4n) is 3.00. The minimum atomic E-state index is 0.0752. The molecule has 1 aliphatic heterocycles. The second-order valence-electron chi connectivity index (χ2n) is 5.12. The molecule has 1 saturated carbocycles. The molecular weight excluding hydrogens is 278 g/mol. The Morgan fingerprint density at radius 2 is 2.37 bits per heavy atom. The van der Waals surface area contributed by atoms with Gasteiger partial charge in [-0.15, -0.1) is 11.3 Å². The van der Waals surface area contributed by atoms with Gasteiger partial charge in [0.25, 0.3) is 0 Å². The van der Waals surface area contributed by atoms with Crippen molar-refractivity contribution in [2.45, 2.75) is 37.0 Å². The zero-order valence-corrected chi connectivity index (χ0v) is 12.5. The lowest BCUT2D eigenvalue weighted by Gasteiger charge is -2.43. The molecule has 1 N–H and O–H groups in total. The first-order chi connectivity index (χ1) is 9.33. The second-order valence-corrected chi connectivity index (χ2v) is 7.36. The average Bonchev–Trinajstić information content (AvgIpc) is 2.92. The highest BCUT2D eigenvalue weighted by Crippen LogP contribution is 2.35. The SMILES string of the molecule is O=C(CN1CCS[C@H]2CCCC[C@@H]21)Nc1nccs1. The van der Waals surface area contributed by atoms with Crippen molar-refractivity contribution in [1.82, 2.24) is 9.88 Å². The first-order valence-electron chi connectivity index (χ1n) is 6.88. The highest BCUT2D eigenvalue weighted by molar-refractivity contribution is 8.00. The molecule has 2 atom stereocenters. The molecule has 1 aromatic rings. The molecule has 19 heavy (non-hydrogen) atoms. The van der Waals surface area contributed by atoms with Gasteiger partial charge in [0.2, 0.25) is 5.91 Å². The summed E-state index contributed by atoms with van der Waals surface area (Å²) in [5, 5.41) is 6.21. The van der Waals surface area contributed by atoms with Gasteiger partial charge in [-0.2, -0.15) is 11.8 Å². The monoisotopic (exact) mass is 297 g/mol. The molecular formula is C13H19N3OS2. The summed E-state index contributed by atoms with van der Waals surface area (Å²) in [6.45, 7) is 1.55. The van der Waals surface area contributed by atoms with E-state index in [1.807, 2.05) is 5.38 Å². The van der Waals surface area contributed by atoms with Crippen LogP contribution in [-0.2, 0) is 4.79 Å². The van der Waals surface area contributed by atoms with Crippen LogP contribution >= 0.6 is 23.1 Å². The van der Waals surface area contributed by atoms with Crippen molar-refractivity contribution in [3.05, 3.63) is 11.6 Å². The summed E-state index contributed by atoms with van der Waals surface area (Å²) in [5.41, 5.74) is 0. The van der Waals surface area contributed by atoms with Gasteiger partial charge in [-0.1, -0.05) is 12.8 Å². The van der Waals surface area contributed by atoms with Crippen LogP contribution in [0.1, 0.15) is 25.7 Å². The van der Waals surface area contributed by atoms with Crippen molar-refractivity contribution in [3.63, 3.8) is 0 Å². The van der Waals surface area contributed by atoms with Gasteiger partial charge in [-0.05, 0) is 12.8 Å². The minimum absolute atomic E-state index is 0.0752. The summed E-state index contributed by atoms with van der Waals surface area (Å²) in [7, 11) is 0. The number of thioether (sulfide) groups is 1. The third kappa shape index (κ3) is 3.30. The van der Waals surface area contributed by atoms with Gasteiger partial charge in [-0.25, -0.2) is 4.98 Å². The molecule has 1 saturated heterocycles. The van der Waals surface area contributed by atoms with E-state index in [0.29, 0.717) is 17.7 Å². The van der Waals surface area contributed by atoms with E-state index in [9.17, 15) is 4.79 Å². The Balaban J connectivity index is 1.57. The number of nitrogens with one attached hydrogen (secondary N) is 1. The molecule has 4 nitrogen and oxygen atoms in total. The van der Waals surface area contributed by atoms with E-state index in [4.69, 9.17) is 0 Å². The van der Waals surface area contributed by atoms with Crippen LogP contribution in [0.3, 0.4) is 0 Å². The number of fused-ring (bicyclic) bond motifs is 1. The van der Waals surface area contributed by atoms with Crippen LogP contribution in [0.25, 0.3) is 0 Å². The Morgan fingerprint density at radius 3 is 3.21 bits per heavy atom. The summed E-state index contributed by atoms with van der Waals surface area (Å²) in [5.74, 6) is 1.23. The fraction of sp³-hybridized carbons (Fsp3) is 0.692. The number of thiazole rings is 1. The third-order valence-corrected chi connectivity index (χ3v) is 5.96. The quantitative estimate of drug-likeness (QED) is 0.931. The number of carbonyl (C=O) groups is 1. The maximum Gasteiger partial charge on any atom is 0.240 e. The van der Waals surface area contributed by atoms with Gasteiger partial charge in [0.15, 0.2) is 5.13 Å². The summed E-state index contributed by atoms with van der Waals surface area (Å²) < 4.78 is 0. The van der Waals surface area contributed by atoms with Crippen LogP contribution in [0.15, 0.2) is 11.6 Å². The van der Waals surface area contributed by atoms with E-state index in [1.54, 1.807) is 6.20 Å². The second kappa shape index (κ2) is 6.24. The number of rotatable bonds is 3. The van der Waals surface area contributed by atoms with E-state index < -0.39 is 0 Å². The molecule has 2 aliphatic rings. The van der Waals surface area contributed by atoms with Crippen LogP contribution < -0.4 is 5.32 Å². The number of nitrogens with zero attached hydrogens (tertiary/aromatic N) is 2. The standard InChI is InChI=1S/C13H19N3OS2/c17-12(15-13-14-5-7-19-13)9-16-6-8-18-11-4-2-1-3-10(11)16/h5,7,10-11H,1-4,6,8-9H2,(H,14,15,17)/t10-,11-/m0/s1. The average molecular weight is 297 g/mol. The minimum Gasteiger partial charge on any atom is -0.301 e. The number of aromatic nitrogens is 1. The first kappa shape index (κ1) is 13.4. The molecule has 0 aromatic carbocycles. The van der Waals surface area contributed by atoms with Crippen LogP contribution in [0, 0.1) is 0 Å². The van der Waals surface area contributed by atoms with Crippen LogP contribution in [0.4, 0.5) is 5.13 Å². The summed E-state index contributed by atoms with van der Waals surface area (Å²) in [4.78, 5) is 18.5. The predicted molar refractivity (Wildman–Crippen MR) is 80.8 cm³/mol. The van der Waals surface area contributed by atoms with E-state index in [-0.39, 0.29) is 5.91 Å². The normalized spacial score (nSPS) is 27.8. The summed E-state index contributed by atoms with van der Waals surface area (Å²) in [6, 6.07) is 0.606. The molecule has 0 bridgehead atoms. The zero-order valence-electron chi connectivity index (χ0n) is 10.9. The van der Waals surface area contributed by atoms with E-state index in [2.05, 4.69) is 27.0 Å². The largest absolute Gasteiger partial charge is 0.301 e. The maximum atomic E-state index is 12.1. The molecule has 3 rings (SSSR count). The zero-order chi connectivity index (χ0) is 13.1. The van der Waals surface area contributed by atoms with Gasteiger partial charge in [0, 0.05) is 35.2 Å². The highest BCUT2D eigenvalue weighted by Gasteiger charge is 2.34. The van der Waals surface area contributed by atoms with Gasteiger partial charge < -0.3 is 5.32 Å². The van der Waals surface area contributed by atoms with E-state index in [0.717, 1.165) is 17.5 Å². The number of amides is 1. The summed E-state index contributed by atoms with van der Waals surface area (Å²) in [6.07, 6.45) is 6.96. The molecule has 0 spiro atoms. The lowest BCUT2D eigenvalue weighted by molar-refractivity contribution is -0.118. The Kier molecular flexibility index (Phi) is 4.40. The Hall–Kier alpha value is -0.590. The van der Waals surface area contributed by atoms with E-state index >= 15 is 0 Å². The van der Waals surface area contributed by atoms with Crippen LogP contribution in [0.2, 0.25) is 0 Å². The lowest BCUT2D eigenvalue weighted by Crippen LogP contribution is -2.51. The van der Waals surface area contributed by atoms with Crippen molar-refractivity contribution in [2.75, 3.05) is 24.2 Å². The van der Waals surface area contributed by atoms with E-state index in [1.165, 1.54) is 37.0 Å². The predicted octanol–water partition coefficient (Wildman–Crippen LogP) is 2.44. The van der Waals surface area contributed by atoms with Crippen LogP contribution in [0.5, 0.6) is 0 Å². The molecule has 1 aliphatic carbocycles. The number of carbonyl (C=O) groups excluding carboxylic acids is 1. The molecule has 0 unspecified atom stereocenters. The molecule has 1 amide bonds. The van der Waals surface area contributed by atoms with Crippen molar-refractivity contribution in [2.24, 2.45) is 0 Å². The fourth-order valence-corrected chi connectivity index (χ4v) is 5.05. The number of hydrogen-bond acceptors (Lipinski definition) is 5. The molecule has 6 heteroatoms. The Morgan fingerprint density at radius 1 is 1.47 bits per heavy atom. The van der Waals surface area contributed by atoms with Crippen molar-refractivity contribution >= 4 is 34.1 Å². The highest BCUT2D eigenvalue weighted by atomic mass is 32.2. The van der Waals surface area contributed by atoms with Crippen molar-refractivity contribution in [1.29, 1.82) is 0 Å². The smallest absolute Gasteiger partial charge is 0.240 e. The Bertz CT molecular complexity index is 422.